The van der Waals surface area contributed by atoms with Gasteiger partial charge >= 0.3 is 0 Å². The molecule has 1 amide bonds. The van der Waals surface area contributed by atoms with E-state index in [1.165, 1.54) is 0 Å². The number of rotatable bonds is 6. The van der Waals surface area contributed by atoms with E-state index in [0.29, 0.717) is 17.2 Å². The van der Waals surface area contributed by atoms with E-state index < -0.39 is 0 Å². The number of benzene rings is 1. The Balaban J connectivity index is 1.82. The largest absolute Gasteiger partial charge is 0.497 e. The van der Waals surface area contributed by atoms with Crippen LogP contribution in [0.3, 0.4) is 0 Å². The summed E-state index contributed by atoms with van der Waals surface area (Å²) in [5, 5.41) is 3.97. The van der Waals surface area contributed by atoms with Gasteiger partial charge in [0, 0.05) is 0 Å². The Bertz CT molecular complexity index is 659. The monoisotopic (exact) mass is 302 g/mol. The highest BCUT2D eigenvalue weighted by Crippen LogP contribution is 2.16. The zero-order valence-electron chi connectivity index (χ0n) is 12.8. The molecule has 1 heterocycles. The van der Waals surface area contributed by atoms with Crippen molar-refractivity contribution in [1.29, 1.82) is 0 Å². The molecular formula is C16H18N2O4. The maximum atomic E-state index is 11.7. The van der Waals surface area contributed by atoms with Gasteiger partial charge in [-0.25, -0.2) is 5.43 Å². The summed E-state index contributed by atoms with van der Waals surface area (Å²) in [6.07, 6.45) is 0. The number of furan rings is 1. The van der Waals surface area contributed by atoms with Crippen molar-refractivity contribution in [3.63, 3.8) is 0 Å². The van der Waals surface area contributed by atoms with Gasteiger partial charge < -0.3 is 13.9 Å². The van der Waals surface area contributed by atoms with Gasteiger partial charge in [-0.05, 0) is 50.2 Å². The third-order valence-corrected chi connectivity index (χ3v) is 2.87. The third-order valence-electron chi connectivity index (χ3n) is 2.87. The topological polar surface area (TPSA) is 73.1 Å². The smallest absolute Gasteiger partial charge is 0.277 e. The van der Waals surface area contributed by atoms with Crippen LogP contribution in [0.1, 0.15) is 18.4 Å². The van der Waals surface area contributed by atoms with E-state index in [9.17, 15) is 4.79 Å². The first kappa shape index (κ1) is 15.6. The molecule has 0 fully saturated rings. The van der Waals surface area contributed by atoms with E-state index in [1.54, 1.807) is 44.4 Å². The van der Waals surface area contributed by atoms with E-state index in [1.807, 2.05) is 13.0 Å². The molecule has 116 valence electrons. The van der Waals surface area contributed by atoms with Crippen molar-refractivity contribution in [2.24, 2.45) is 5.10 Å². The summed E-state index contributed by atoms with van der Waals surface area (Å²) in [7, 11) is 1.59. The summed E-state index contributed by atoms with van der Waals surface area (Å²) in [6.45, 7) is 3.47. The van der Waals surface area contributed by atoms with Gasteiger partial charge in [0.2, 0.25) is 0 Å². The minimum Gasteiger partial charge on any atom is -0.497 e. The first-order valence-electron chi connectivity index (χ1n) is 6.75. The quantitative estimate of drug-likeness (QED) is 0.657. The fourth-order valence-electron chi connectivity index (χ4n) is 1.68. The van der Waals surface area contributed by atoms with Gasteiger partial charge in [-0.3, -0.25) is 4.79 Å². The second-order valence-electron chi connectivity index (χ2n) is 4.61. The SMILES string of the molecule is COc1ccc(OCC(=O)N/N=C(\C)c2ccc(C)o2)cc1. The molecule has 2 aromatic rings. The number of hydrogen-bond donors (Lipinski definition) is 1. The molecule has 1 N–H and O–H groups in total. The lowest BCUT2D eigenvalue weighted by Crippen LogP contribution is -2.25. The zero-order valence-corrected chi connectivity index (χ0v) is 12.8. The number of aryl methyl sites for hydroxylation is 1. The highest BCUT2D eigenvalue weighted by Gasteiger charge is 2.05. The second kappa shape index (κ2) is 7.31. The Labute approximate surface area is 128 Å². The first-order valence-corrected chi connectivity index (χ1v) is 6.75. The van der Waals surface area contributed by atoms with E-state index in [4.69, 9.17) is 13.9 Å². The van der Waals surface area contributed by atoms with Crippen LogP contribution < -0.4 is 14.9 Å². The number of amides is 1. The lowest BCUT2D eigenvalue weighted by Gasteiger charge is -2.06. The number of carbonyl (C=O) groups excluding carboxylic acids is 1. The lowest BCUT2D eigenvalue weighted by atomic mass is 10.3. The molecular weight excluding hydrogens is 284 g/mol. The lowest BCUT2D eigenvalue weighted by molar-refractivity contribution is -0.123. The molecule has 0 aliphatic carbocycles. The standard InChI is InChI=1S/C16H18N2O4/c1-11-4-9-15(22-11)12(2)17-18-16(19)10-21-14-7-5-13(20-3)6-8-14/h4-9H,10H2,1-3H3,(H,18,19)/b17-12+. The van der Waals surface area contributed by atoms with E-state index in [0.717, 1.165) is 11.5 Å². The maximum absolute atomic E-state index is 11.7. The fourth-order valence-corrected chi connectivity index (χ4v) is 1.68. The number of ether oxygens (including phenoxy) is 2. The number of hydrogen-bond acceptors (Lipinski definition) is 5. The van der Waals surface area contributed by atoms with Crippen LogP contribution in [0.2, 0.25) is 0 Å². The molecule has 1 aromatic heterocycles. The van der Waals surface area contributed by atoms with Gasteiger partial charge in [0.05, 0.1) is 7.11 Å². The molecule has 1 aromatic carbocycles. The Morgan fingerprint density at radius 2 is 1.86 bits per heavy atom. The molecule has 6 nitrogen and oxygen atoms in total. The molecule has 0 aliphatic rings. The van der Waals surface area contributed by atoms with Gasteiger partial charge in [0.25, 0.3) is 5.91 Å². The predicted molar refractivity (Wildman–Crippen MR) is 82.3 cm³/mol. The van der Waals surface area contributed by atoms with Crippen molar-refractivity contribution in [1.82, 2.24) is 5.43 Å². The maximum Gasteiger partial charge on any atom is 0.277 e. The van der Waals surface area contributed by atoms with Crippen LogP contribution in [0, 0.1) is 6.92 Å². The van der Waals surface area contributed by atoms with Gasteiger partial charge in [0.15, 0.2) is 6.61 Å². The molecule has 0 saturated heterocycles. The molecule has 2 rings (SSSR count). The minimum absolute atomic E-state index is 0.125. The van der Waals surface area contributed by atoms with Crippen LogP contribution in [-0.4, -0.2) is 25.3 Å². The molecule has 0 bridgehead atoms. The van der Waals surface area contributed by atoms with Crippen LogP contribution in [0.4, 0.5) is 0 Å². The van der Waals surface area contributed by atoms with E-state index in [-0.39, 0.29) is 12.5 Å². The van der Waals surface area contributed by atoms with Crippen LogP contribution in [0.5, 0.6) is 11.5 Å². The summed E-state index contributed by atoms with van der Waals surface area (Å²) >= 11 is 0. The summed E-state index contributed by atoms with van der Waals surface area (Å²) in [5.74, 6) is 2.37. The number of nitrogens with zero attached hydrogens (tertiary/aromatic N) is 1. The van der Waals surface area contributed by atoms with Gasteiger partial charge in [-0.1, -0.05) is 0 Å². The molecule has 0 saturated carbocycles. The second-order valence-corrected chi connectivity index (χ2v) is 4.61. The molecule has 0 atom stereocenters. The average Bonchev–Trinajstić information content (AvgIpc) is 2.97. The number of carbonyl (C=O) groups is 1. The Kier molecular flexibility index (Phi) is 5.19. The van der Waals surface area contributed by atoms with Crippen molar-refractivity contribution < 1.29 is 18.7 Å². The summed E-state index contributed by atoms with van der Waals surface area (Å²) < 4.78 is 15.8. The molecule has 0 unspecified atom stereocenters. The molecule has 22 heavy (non-hydrogen) atoms. The van der Waals surface area contributed by atoms with Gasteiger partial charge in [0.1, 0.15) is 28.7 Å². The van der Waals surface area contributed by atoms with Gasteiger partial charge in [-0.15, -0.1) is 0 Å². The van der Waals surface area contributed by atoms with Crippen molar-refractivity contribution in [3.8, 4) is 11.5 Å². The highest BCUT2D eigenvalue weighted by molar-refractivity contribution is 5.96. The van der Waals surface area contributed by atoms with E-state index >= 15 is 0 Å². The molecule has 0 radical (unpaired) electrons. The van der Waals surface area contributed by atoms with Crippen molar-refractivity contribution in [2.75, 3.05) is 13.7 Å². The van der Waals surface area contributed by atoms with Gasteiger partial charge in [-0.2, -0.15) is 5.10 Å². The van der Waals surface area contributed by atoms with Crippen LogP contribution in [-0.2, 0) is 4.79 Å². The molecule has 0 aliphatic heterocycles. The first-order chi connectivity index (χ1) is 10.6. The Hall–Kier alpha value is -2.76. The summed E-state index contributed by atoms with van der Waals surface area (Å²) in [4.78, 5) is 11.7. The minimum atomic E-state index is -0.349. The van der Waals surface area contributed by atoms with Crippen LogP contribution >= 0.6 is 0 Å². The van der Waals surface area contributed by atoms with Crippen molar-refractivity contribution in [2.45, 2.75) is 13.8 Å². The number of methoxy groups -OCH3 is 1. The van der Waals surface area contributed by atoms with E-state index in [2.05, 4.69) is 10.5 Å². The molecule has 0 spiro atoms. The zero-order chi connectivity index (χ0) is 15.9. The van der Waals surface area contributed by atoms with Crippen LogP contribution in [0.15, 0.2) is 45.9 Å². The van der Waals surface area contributed by atoms with Crippen molar-refractivity contribution >= 4 is 11.6 Å². The Morgan fingerprint density at radius 1 is 1.18 bits per heavy atom. The summed E-state index contributed by atoms with van der Waals surface area (Å²) in [5.41, 5.74) is 3.01. The normalized spacial score (nSPS) is 11.1. The third kappa shape index (κ3) is 4.37. The summed E-state index contributed by atoms with van der Waals surface area (Å²) in [6, 6.07) is 10.6. The fraction of sp³-hybridized carbons (Fsp3) is 0.250. The number of nitrogens with one attached hydrogen (secondary N) is 1. The number of hydrazone groups is 1. The Morgan fingerprint density at radius 3 is 2.45 bits per heavy atom. The van der Waals surface area contributed by atoms with Crippen LogP contribution in [0.25, 0.3) is 0 Å². The predicted octanol–water partition coefficient (Wildman–Crippen LogP) is 2.52. The van der Waals surface area contributed by atoms with Crippen molar-refractivity contribution in [3.05, 3.63) is 47.9 Å². The average molecular weight is 302 g/mol. The molecule has 6 heteroatoms. The highest BCUT2D eigenvalue weighted by atomic mass is 16.5.